The van der Waals surface area contributed by atoms with Gasteiger partial charge in [-0.3, -0.25) is 4.79 Å². The molecule has 3 N–H and O–H groups in total. The molecule has 2 saturated carbocycles. The molecule has 1 saturated heterocycles. The lowest BCUT2D eigenvalue weighted by Crippen LogP contribution is -2.70. The van der Waals surface area contributed by atoms with E-state index in [9.17, 15) is 4.79 Å². The molecule has 114 valence electrons. The van der Waals surface area contributed by atoms with Crippen LogP contribution in [0.4, 0.5) is 0 Å². The van der Waals surface area contributed by atoms with Gasteiger partial charge in [0.15, 0.2) is 0 Å². The van der Waals surface area contributed by atoms with E-state index in [0.717, 1.165) is 13.0 Å². The van der Waals surface area contributed by atoms with Crippen molar-refractivity contribution >= 4 is 5.91 Å². The fourth-order valence-electron chi connectivity index (χ4n) is 3.91. The van der Waals surface area contributed by atoms with Gasteiger partial charge in [-0.05, 0) is 39.0 Å². The maximum absolute atomic E-state index is 12.5. The highest BCUT2D eigenvalue weighted by Gasteiger charge is 2.59. The fraction of sp³-hybridized carbons (Fsp3) is 0.933. The lowest BCUT2D eigenvalue weighted by molar-refractivity contribution is -0.177. The maximum atomic E-state index is 12.5. The molecular formula is C15H26N2O3. The molecule has 0 radical (unpaired) electrons. The van der Waals surface area contributed by atoms with E-state index in [1.165, 1.54) is 19.3 Å². The van der Waals surface area contributed by atoms with E-state index in [0.29, 0.717) is 32.2 Å². The number of ether oxygens (including phenoxy) is 2. The second-order valence-corrected chi connectivity index (χ2v) is 6.56. The Morgan fingerprint density at radius 3 is 2.60 bits per heavy atom. The largest absolute Gasteiger partial charge is 0.381 e. The molecule has 2 atom stereocenters. The Kier molecular flexibility index (Phi) is 3.77. The summed E-state index contributed by atoms with van der Waals surface area (Å²) >= 11 is 0. The van der Waals surface area contributed by atoms with Gasteiger partial charge in [-0.2, -0.15) is 0 Å². The summed E-state index contributed by atoms with van der Waals surface area (Å²) in [5.41, 5.74) is 5.71. The van der Waals surface area contributed by atoms with E-state index < -0.39 is 5.54 Å². The number of carbonyl (C=O) groups excluding carboxylic acids is 1. The van der Waals surface area contributed by atoms with Crippen molar-refractivity contribution in [3.63, 3.8) is 0 Å². The number of hydrogen-bond acceptors (Lipinski definition) is 4. The SMILES string of the molecule is CCOC1CC(NC(=O)C2(N)CCOCC2)C12CCC2. The Balaban J connectivity index is 1.59. The molecule has 0 bridgehead atoms. The van der Waals surface area contributed by atoms with Gasteiger partial charge in [0.05, 0.1) is 11.6 Å². The first-order valence-electron chi connectivity index (χ1n) is 7.90. The quantitative estimate of drug-likeness (QED) is 0.805. The second-order valence-electron chi connectivity index (χ2n) is 6.56. The normalized spacial score (nSPS) is 34.1. The van der Waals surface area contributed by atoms with Gasteiger partial charge in [0.25, 0.3) is 0 Å². The van der Waals surface area contributed by atoms with Crippen LogP contribution in [0.1, 0.15) is 45.4 Å². The zero-order chi connectivity index (χ0) is 14.2. The van der Waals surface area contributed by atoms with Gasteiger partial charge in [-0.25, -0.2) is 0 Å². The summed E-state index contributed by atoms with van der Waals surface area (Å²) in [4.78, 5) is 12.5. The molecule has 5 nitrogen and oxygen atoms in total. The highest BCUT2D eigenvalue weighted by atomic mass is 16.5. The molecule has 5 heteroatoms. The van der Waals surface area contributed by atoms with Crippen LogP contribution >= 0.6 is 0 Å². The third kappa shape index (κ3) is 2.16. The Bertz CT molecular complexity index is 375. The molecule has 1 aliphatic heterocycles. The summed E-state index contributed by atoms with van der Waals surface area (Å²) in [6.45, 7) is 3.96. The van der Waals surface area contributed by atoms with Crippen LogP contribution in [0, 0.1) is 5.41 Å². The standard InChI is InChI=1S/C15H26N2O3/c1-2-20-12-10-11(14(12)4-3-5-14)17-13(18)15(16)6-8-19-9-7-15/h11-12H,2-10,16H2,1H3,(H,17,18). The molecule has 2 aliphatic carbocycles. The molecule has 0 aromatic heterocycles. The molecule has 3 aliphatic rings. The van der Waals surface area contributed by atoms with Crippen LogP contribution in [0.2, 0.25) is 0 Å². The summed E-state index contributed by atoms with van der Waals surface area (Å²) in [6.07, 6.45) is 6.09. The fourth-order valence-corrected chi connectivity index (χ4v) is 3.91. The van der Waals surface area contributed by atoms with Crippen molar-refractivity contribution in [2.75, 3.05) is 19.8 Å². The van der Waals surface area contributed by atoms with E-state index in [2.05, 4.69) is 5.32 Å². The van der Waals surface area contributed by atoms with Gasteiger partial charge in [-0.1, -0.05) is 6.42 Å². The van der Waals surface area contributed by atoms with Crippen LogP contribution in [0.3, 0.4) is 0 Å². The van der Waals surface area contributed by atoms with Crippen LogP contribution in [0.5, 0.6) is 0 Å². The maximum Gasteiger partial charge on any atom is 0.240 e. The molecule has 3 fully saturated rings. The minimum atomic E-state index is -0.736. The lowest BCUT2D eigenvalue weighted by atomic mass is 9.51. The van der Waals surface area contributed by atoms with Crippen molar-refractivity contribution in [3.8, 4) is 0 Å². The van der Waals surface area contributed by atoms with E-state index in [4.69, 9.17) is 15.2 Å². The highest BCUT2D eigenvalue weighted by molar-refractivity contribution is 5.86. The topological polar surface area (TPSA) is 73.6 Å². The third-order valence-corrected chi connectivity index (χ3v) is 5.58. The first-order chi connectivity index (χ1) is 9.61. The Labute approximate surface area is 120 Å². The number of amides is 1. The monoisotopic (exact) mass is 282 g/mol. The van der Waals surface area contributed by atoms with Gasteiger partial charge in [0.1, 0.15) is 0 Å². The highest BCUT2D eigenvalue weighted by Crippen LogP contribution is 2.57. The number of hydrogen-bond donors (Lipinski definition) is 2. The molecule has 3 rings (SSSR count). The van der Waals surface area contributed by atoms with Crippen molar-refractivity contribution in [2.24, 2.45) is 11.1 Å². The van der Waals surface area contributed by atoms with Crippen molar-refractivity contribution in [2.45, 2.75) is 63.1 Å². The first-order valence-corrected chi connectivity index (χ1v) is 7.90. The zero-order valence-corrected chi connectivity index (χ0v) is 12.3. The van der Waals surface area contributed by atoms with E-state index in [1.807, 2.05) is 6.92 Å². The minimum absolute atomic E-state index is 0.00650. The Morgan fingerprint density at radius 2 is 2.05 bits per heavy atom. The minimum Gasteiger partial charge on any atom is -0.381 e. The van der Waals surface area contributed by atoms with Crippen molar-refractivity contribution in [1.29, 1.82) is 0 Å². The molecule has 1 spiro atoms. The van der Waals surface area contributed by atoms with Gasteiger partial charge in [-0.15, -0.1) is 0 Å². The molecule has 1 heterocycles. The summed E-state index contributed by atoms with van der Waals surface area (Å²) in [7, 11) is 0. The van der Waals surface area contributed by atoms with Gasteiger partial charge in [0.2, 0.25) is 5.91 Å². The molecule has 0 aromatic carbocycles. The Morgan fingerprint density at radius 1 is 1.35 bits per heavy atom. The molecular weight excluding hydrogens is 256 g/mol. The number of carbonyl (C=O) groups is 1. The third-order valence-electron chi connectivity index (χ3n) is 5.58. The number of rotatable bonds is 4. The number of nitrogens with one attached hydrogen (secondary N) is 1. The second kappa shape index (κ2) is 5.28. The van der Waals surface area contributed by atoms with E-state index in [1.54, 1.807) is 0 Å². The first kappa shape index (κ1) is 14.3. The van der Waals surface area contributed by atoms with E-state index >= 15 is 0 Å². The average molecular weight is 282 g/mol. The smallest absolute Gasteiger partial charge is 0.240 e. The van der Waals surface area contributed by atoms with Crippen molar-refractivity contribution in [3.05, 3.63) is 0 Å². The summed E-state index contributed by atoms with van der Waals surface area (Å²) in [6, 6.07) is 0.253. The van der Waals surface area contributed by atoms with Crippen LogP contribution in [0.15, 0.2) is 0 Å². The van der Waals surface area contributed by atoms with Crippen molar-refractivity contribution in [1.82, 2.24) is 5.32 Å². The summed E-state index contributed by atoms with van der Waals surface area (Å²) < 4.78 is 11.1. The van der Waals surface area contributed by atoms with Crippen LogP contribution in [-0.4, -0.2) is 43.4 Å². The van der Waals surface area contributed by atoms with Gasteiger partial charge < -0.3 is 20.5 Å². The predicted octanol–water partition coefficient (Wildman–Crippen LogP) is 0.958. The molecule has 20 heavy (non-hydrogen) atoms. The van der Waals surface area contributed by atoms with Crippen LogP contribution < -0.4 is 11.1 Å². The van der Waals surface area contributed by atoms with Gasteiger partial charge in [0, 0.05) is 31.3 Å². The average Bonchev–Trinajstić information content (AvgIpc) is 2.36. The summed E-state index contributed by atoms with van der Waals surface area (Å²) in [5, 5.41) is 3.21. The van der Waals surface area contributed by atoms with E-state index in [-0.39, 0.29) is 17.4 Å². The molecule has 1 amide bonds. The van der Waals surface area contributed by atoms with Crippen LogP contribution in [-0.2, 0) is 14.3 Å². The Hall–Kier alpha value is -0.650. The lowest BCUT2D eigenvalue weighted by Gasteiger charge is -2.61. The number of nitrogens with two attached hydrogens (primary N) is 1. The molecule has 0 aromatic rings. The summed E-state index contributed by atoms with van der Waals surface area (Å²) in [5.74, 6) is 0.00650. The molecule has 2 unspecified atom stereocenters. The van der Waals surface area contributed by atoms with Crippen molar-refractivity contribution < 1.29 is 14.3 Å². The predicted molar refractivity (Wildman–Crippen MR) is 75.2 cm³/mol. The van der Waals surface area contributed by atoms with Gasteiger partial charge >= 0.3 is 0 Å². The van der Waals surface area contributed by atoms with Crippen LogP contribution in [0.25, 0.3) is 0 Å². The zero-order valence-electron chi connectivity index (χ0n) is 12.3.